The summed E-state index contributed by atoms with van der Waals surface area (Å²) in [5, 5.41) is 12.4. The maximum Gasteiger partial charge on any atom is 0.307 e. The van der Waals surface area contributed by atoms with E-state index in [9.17, 15) is 14.7 Å². The third-order valence-electron chi connectivity index (χ3n) is 4.71. The number of hydrogen-bond acceptors (Lipinski definition) is 2. The Balaban J connectivity index is 1.73. The lowest BCUT2D eigenvalue weighted by Gasteiger charge is -2.25. The predicted molar refractivity (Wildman–Crippen MR) is 78.4 cm³/mol. The highest BCUT2D eigenvalue weighted by atomic mass is 16.4. The number of allylic oxidation sites excluding steroid dienone is 2. The predicted octanol–water partition coefficient (Wildman–Crippen LogP) is 2.39. The Morgan fingerprint density at radius 3 is 2.38 bits per heavy atom. The zero-order valence-electron chi connectivity index (χ0n) is 11.9. The number of nitrogens with one attached hydrogen (secondary N) is 1. The van der Waals surface area contributed by atoms with Gasteiger partial charge in [0.1, 0.15) is 0 Å². The minimum Gasteiger partial charge on any atom is -0.481 e. The van der Waals surface area contributed by atoms with E-state index in [1.54, 1.807) is 0 Å². The van der Waals surface area contributed by atoms with Gasteiger partial charge in [-0.3, -0.25) is 9.59 Å². The van der Waals surface area contributed by atoms with Gasteiger partial charge in [0.15, 0.2) is 0 Å². The average molecular weight is 285 g/mol. The first-order valence-electron chi connectivity index (χ1n) is 7.34. The van der Waals surface area contributed by atoms with E-state index in [0.29, 0.717) is 0 Å². The number of carboxylic acids is 1. The molecule has 2 aliphatic carbocycles. The molecule has 1 saturated carbocycles. The van der Waals surface area contributed by atoms with E-state index in [1.807, 2.05) is 49.4 Å². The van der Waals surface area contributed by atoms with Crippen molar-refractivity contribution in [2.24, 2.45) is 23.7 Å². The molecule has 0 heterocycles. The van der Waals surface area contributed by atoms with Gasteiger partial charge < -0.3 is 10.4 Å². The molecule has 0 unspecified atom stereocenters. The Morgan fingerprint density at radius 2 is 1.76 bits per heavy atom. The van der Waals surface area contributed by atoms with E-state index >= 15 is 0 Å². The van der Waals surface area contributed by atoms with Crippen LogP contribution in [0.4, 0.5) is 0 Å². The molecular weight excluding hydrogens is 266 g/mol. The van der Waals surface area contributed by atoms with Crippen molar-refractivity contribution >= 4 is 11.9 Å². The van der Waals surface area contributed by atoms with E-state index in [-0.39, 0.29) is 23.8 Å². The lowest BCUT2D eigenvalue weighted by atomic mass is 9.82. The van der Waals surface area contributed by atoms with Crippen LogP contribution < -0.4 is 5.32 Å². The molecule has 2 bridgehead atoms. The highest BCUT2D eigenvalue weighted by molar-refractivity contribution is 5.87. The summed E-state index contributed by atoms with van der Waals surface area (Å²) >= 11 is 0. The molecule has 1 aromatic rings. The van der Waals surface area contributed by atoms with Gasteiger partial charge in [0, 0.05) is 0 Å². The molecular formula is C17H19NO3. The molecule has 0 saturated heterocycles. The molecule has 0 aliphatic heterocycles. The Hall–Kier alpha value is -2.10. The van der Waals surface area contributed by atoms with Gasteiger partial charge in [-0.05, 0) is 30.7 Å². The molecule has 4 nitrogen and oxygen atoms in total. The van der Waals surface area contributed by atoms with Gasteiger partial charge in [0.05, 0.1) is 17.9 Å². The van der Waals surface area contributed by atoms with Crippen molar-refractivity contribution in [3.8, 4) is 0 Å². The molecule has 4 heteroatoms. The third kappa shape index (κ3) is 2.46. The van der Waals surface area contributed by atoms with Crippen LogP contribution in [0.1, 0.15) is 24.9 Å². The summed E-state index contributed by atoms with van der Waals surface area (Å²) in [6.07, 6.45) is 4.74. The Morgan fingerprint density at radius 1 is 1.14 bits per heavy atom. The molecule has 0 radical (unpaired) electrons. The first-order valence-corrected chi connectivity index (χ1v) is 7.34. The molecule has 5 atom stereocenters. The van der Waals surface area contributed by atoms with Crippen LogP contribution in [-0.2, 0) is 9.59 Å². The van der Waals surface area contributed by atoms with Crippen molar-refractivity contribution in [3.05, 3.63) is 48.0 Å². The van der Waals surface area contributed by atoms with Crippen molar-refractivity contribution in [2.45, 2.75) is 19.4 Å². The molecule has 1 aromatic carbocycles. The van der Waals surface area contributed by atoms with Crippen molar-refractivity contribution < 1.29 is 14.7 Å². The van der Waals surface area contributed by atoms with Gasteiger partial charge in [-0.2, -0.15) is 0 Å². The zero-order valence-corrected chi connectivity index (χ0v) is 11.9. The van der Waals surface area contributed by atoms with E-state index in [0.717, 1.165) is 12.0 Å². The van der Waals surface area contributed by atoms with E-state index < -0.39 is 17.8 Å². The molecule has 110 valence electrons. The molecule has 21 heavy (non-hydrogen) atoms. The second kappa shape index (κ2) is 5.35. The number of carbonyl (C=O) groups excluding carboxylic acids is 1. The molecule has 3 rings (SSSR count). The number of carbonyl (C=O) groups is 2. The number of carboxylic acid groups (broad SMARTS) is 1. The van der Waals surface area contributed by atoms with Crippen molar-refractivity contribution in [1.82, 2.24) is 5.32 Å². The minimum absolute atomic E-state index is 0.00952. The normalized spacial score (nSPS) is 31.1. The number of hydrogen-bond donors (Lipinski definition) is 2. The maximum absolute atomic E-state index is 12.5. The first-order chi connectivity index (χ1) is 10.1. The standard InChI is InChI=1S/C17H19NO3/c1-10(11-5-3-2-4-6-11)18-16(19)14-12-7-8-13(9-12)15(14)17(20)21/h2-8,10,12-15H,9H2,1H3,(H,18,19)(H,20,21)/t10-,12-,13+,14-,15+/m1/s1. The Labute approximate surface area is 123 Å². The topological polar surface area (TPSA) is 66.4 Å². The van der Waals surface area contributed by atoms with Gasteiger partial charge in [0.25, 0.3) is 0 Å². The van der Waals surface area contributed by atoms with Crippen molar-refractivity contribution in [3.63, 3.8) is 0 Å². The number of rotatable bonds is 4. The van der Waals surface area contributed by atoms with E-state index in [4.69, 9.17) is 0 Å². The van der Waals surface area contributed by atoms with Crippen LogP contribution in [0, 0.1) is 23.7 Å². The first kappa shape index (κ1) is 13.9. The molecule has 0 spiro atoms. The highest BCUT2D eigenvalue weighted by Crippen LogP contribution is 2.48. The maximum atomic E-state index is 12.5. The summed E-state index contributed by atoms with van der Waals surface area (Å²) < 4.78 is 0. The van der Waals surface area contributed by atoms with Crippen LogP contribution >= 0.6 is 0 Å². The van der Waals surface area contributed by atoms with Crippen LogP contribution in [0.25, 0.3) is 0 Å². The largest absolute Gasteiger partial charge is 0.481 e. The number of fused-ring (bicyclic) bond motifs is 2. The Bertz CT molecular complexity index is 581. The van der Waals surface area contributed by atoms with E-state index in [2.05, 4.69) is 5.32 Å². The van der Waals surface area contributed by atoms with E-state index in [1.165, 1.54) is 0 Å². The summed E-state index contributed by atoms with van der Waals surface area (Å²) in [6.45, 7) is 1.92. The van der Waals surface area contributed by atoms with Crippen LogP contribution in [0.15, 0.2) is 42.5 Å². The average Bonchev–Trinajstić information content (AvgIpc) is 3.08. The monoisotopic (exact) mass is 285 g/mol. The van der Waals surface area contributed by atoms with Gasteiger partial charge in [-0.15, -0.1) is 0 Å². The van der Waals surface area contributed by atoms with Crippen molar-refractivity contribution in [1.29, 1.82) is 0 Å². The summed E-state index contributed by atoms with van der Waals surface area (Å²) in [4.78, 5) is 24.0. The molecule has 2 N–H and O–H groups in total. The molecule has 1 fully saturated rings. The molecule has 2 aliphatic rings. The quantitative estimate of drug-likeness (QED) is 0.835. The second-order valence-corrected chi connectivity index (χ2v) is 5.98. The van der Waals surface area contributed by atoms with Gasteiger partial charge in [-0.25, -0.2) is 0 Å². The number of aliphatic carboxylic acids is 1. The van der Waals surface area contributed by atoms with Gasteiger partial charge >= 0.3 is 5.97 Å². The summed E-state index contributed by atoms with van der Waals surface area (Å²) in [7, 11) is 0. The third-order valence-corrected chi connectivity index (χ3v) is 4.71. The second-order valence-electron chi connectivity index (χ2n) is 5.98. The van der Waals surface area contributed by atoms with Gasteiger partial charge in [0.2, 0.25) is 5.91 Å². The van der Waals surface area contributed by atoms with Crippen LogP contribution in [-0.4, -0.2) is 17.0 Å². The minimum atomic E-state index is -0.862. The van der Waals surface area contributed by atoms with Crippen LogP contribution in [0.3, 0.4) is 0 Å². The lowest BCUT2D eigenvalue weighted by molar-refractivity contribution is -0.148. The van der Waals surface area contributed by atoms with Crippen LogP contribution in [0.2, 0.25) is 0 Å². The van der Waals surface area contributed by atoms with Crippen molar-refractivity contribution in [2.75, 3.05) is 0 Å². The Kier molecular flexibility index (Phi) is 3.53. The fraction of sp³-hybridized carbons (Fsp3) is 0.412. The fourth-order valence-electron chi connectivity index (χ4n) is 3.65. The summed E-state index contributed by atoms with van der Waals surface area (Å²) in [6, 6.07) is 9.59. The zero-order chi connectivity index (χ0) is 15.0. The van der Waals surface area contributed by atoms with Gasteiger partial charge in [-0.1, -0.05) is 42.5 Å². The molecule has 0 aromatic heterocycles. The summed E-state index contributed by atoms with van der Waals surface area (Å²) in [5.74, 6) is -1.95. The number of benzene rings is 1. The number of amides is 1. The smallest absolute Gasteiger partial charge is 0.307 e. The SMILES string of the molecule is C[C@@H](NC(=O)[C@H]1[C@@H](C(=O)O)[C@H]2C=C[C@@H]1C2)c1ccccc1. The highest BCUT2D eigenvalue weighted by Gasteiger charge is 2.51. The molecule has 1 amide bonds. The lowest BCUT2D eigenvalue weighted by Crippen LogP contribution is -2.41. The summed E-state index contributed by atoms with van der Waals surface area (Å²) in [5.41, 5.74) is 1.02. The fourth-order valence-corrected chi connectivity index (χ4v) is 3.65. The van der Waals surface area contributed by atoms with Crippen LogP contribution in [0.5, 0.6) is 0 Å².